The van der Waals surface area contributed by atoms with Crippen LogP contribution in [0.2, 0.25) is 0 Å². The van der Waals surface area contributed by atoms with Gasteiger partial charge in [0.05, 0.1) is 0 Å². The number of nitrogens with one attached hydrogen (secondary N) is 1. The lowest BCUT2D eigenvalue weighted by Gasteiger charge is -2.04. The molecule has 80 valence electrons. The Labute approximate surface area is 86.8 Å². The lowest BCUT2D eigenvalue weighted by molar-refractivity contribution is 0.132. The van der Waals surface area contributed by atoms with Crippen LogP contribution in [0.3, 0.4) is 0 Å². The van der Waals surface area contributed by atoms with Gasteiger partial charge in [-0.3, -0.25) is 0 Å². The van der Waals surface area contributed by atoms with Gasteiger partial charge in [-0.15, -0.1) is 0 Å². The molecule has 0 aromatic rings. The third kappa shape index (κ3) is 12.3. The van der Waals surface area contributed by atoms with E-state index < -0.39 is 0 Å². The Kier molecular flexibility index (Phi) is 12.5. The van der Waals surface area contributed by atoms with Crippen molar-refractivity contribution in [3.63, 3.8) is 0 Å². The first-order chi connectivity index (χ1) is 6.41. The van der Waals surface area contributed by atoms with Crippen LogP contribution < -0.4 is 5.32 Å². The summed E-state index contributed by atoms with van der Waals surface area (Å²) in [6.45, 7) is 8.37. The molecule has 0 atom stereocenters. The van der Waals surface area contributed by atoms with Gasteiger partial charge in [-0.25, -0.2) is 0 Å². The summed E-state index contributed by atoms with van der Waals surface area (Å²) in [5, 5.41) is 3.40. The zero-order valence-electron chi connectivity index (χ0n) is 8.97. The van der Waals surface area contributed by atoms with E-state index in [0.717, 1.165) is 39.1 Å². The SMILES string of the molecule is CCCOCCCNCCSCC. The highest BCUT2D eigenvalue weighted by molar-refractivity contribution is 7.99. The minimum absolute atomic E-state index is 0.905. The number of hydrogen-bond acceptors (Lipinski definition) is 3. The molecule has 0 amide bonds. The van der Waals surface area contributed by atoms with Crippen molar-refractivity contribution in [1.82, 2.24) is 5.32 Å². The summed E-state index contributed by atoms with van der Waals surface area (Å²) in [4.78, 5) is 0. The van der Waals surface area contributed by atoms with Crippen molar-refractivity contribution in [3.05, 3.63) is 0 Å². The summed E-state index contributed by atoms with van der Waals surface area (Å²) in [6.07, 6.45) is 2.26. The first-order valence-electron chi connectivity index (χ1n) is 5.28. The van der Waals surface area contributed by atoms with E-state index in [0.29, 0.717) is 0 Å². The van der Waals surface area contributed by atoms with Crippen molar-refractivity contribution in [2.45, 2.75) is 26.7 Å². The highest BCUT2D eigenvalue weighted by atomic mass is 32.2. The van der Waals surface area contributed by atoms with Gasteiger partial charge >= 0.3 is 0 Å². The van der Waals surface area contributed by atoms with Crippen LogP contribution in [0.25, 0.3) is 0 Å². The quantitative estimate of drug-likeness (QED) is 0.552. The molecule has 0 aliphatic rings. The number of hydrogen-bond donors (Lipinski definition) is 1. The Morgan fingerprint density at radius 1 is 1.15 bits per heavy atom. The maximum absolute atomic E-state index is 5.37. The topological polar surface area (TPSA) is 21.3 Å². The molecule has 0 fully saturated rings. The predicted molar refractivity (Wildman–Crippen MR) is 61.6 cm³/mol. The van der Waals surface area contributed by atoms with Crippen LogP contribution in [-0.4, -0.2) is 37.8 Å². The van der Waals surface area contributed by atoms with Crippen LogP contribution in [0.4, 0.5) is 0 Å². The lowest BCUT2D eigenvalue weighted by Crippen LogP contribution is -2.19. The summed E-state index contributed by atoms with van der Waals surface area (Å²) in [5.74, 6) is 2.45. The summed E-state index contributed by atoms with van der Waals surface area (Å²) in [7, 11) is 0. The van der Waals surface area contributed by atoms with Crippen molar-refractivity contribution in [1.29, 1.82) is 0 Å². The number of ether oxygens (including phenoxy) is 1. The molecular formula is C10H23NOS. The van der Waals surface area contributed by atoms with E-state index in [9.17, 15) is 0 Å². The predicted octanol–water partition coefficient (Wildman–Crippen LogP) is 2.15. The lowest BCUT2D eigenvalue weighted by atomic mass is 10.4. The van der Waals surface area contributed by atoms with Gasteiger partial charge < -0.3 is 10.1 Å². The van der Waals surface area contributed by atoms with Crippen LogP contribution in [0.1, 0.15) is 26.7 Å². The van der Waals surface area contributed by atoms with Crippen molar-refractivity contribution in [3.8, 4) is 0 Å². The molecular weight excluding hydrogens is 182 g/mol. The molecule has 0 heterocycles. The molecule has 0 aliphatic heterocycles. The molecule has 0 saturated heterocycles. The molecule has 0 aliphatic carbocycles. The molecule has 13 heavy (non-hydrogen) atoms. The van der Waals surface area contributed by atoms with Gasteiger partial charge in [0, 0.05) is 25.5 Å². The molecule has 0 aromatic carbocycles. The average molecular weight is 205 g/mol. The normalized spacial score (nSPS) is 10.6. The molecule has 0 unspecified atom stereocenters. The van der Waals surface area contributed by atoms with E-state index in [1.54, 1.807) is 0 Å². The van der Waals surface area contributed by atoms with Gasteiger partial charge in [-0.2, -0.15) is 11.8 Å². The third-order valence-corrected chi connectivity index (χ3v) is 2.52. The van der Waals surface area contributed by atoms with Crippen molar-refractivity contribution in [2.24, 2.45) is 0 Å². The second-order valence-corrected chi connectivity index (χ2v) is 4.31. The van der Waals surface area contributed by atoms with Crippen LogP contribution in [0, 0.1) is 0 Å². The zero-order valence-corrected chi connectivity index (χ0v) is 9.79. The van der Waals surface area contributed by atoms with Crippen molar-refractivity contribution in [2.75, 3.05) is 37.8 Å². The maximum Gasteiger partial charge on any atom is 0.0478 e. The second-order valence-electron chi connectivity index (χ2n) is 2.91. The number of thioether (sulfide) groups is 1. The zero-order chi connectivity index (χ0) is 9.78. The van der Waals surface area contributed by atoms with Crippen LogP contribution in [0.15, 0.2) is 0 Å². The molecule has 0 bridgehead atoms. The fraction of sp³-hybridized carbons (Fsp3) is 1.00. The third-order valence-electron chi connectivity index (χ3n) is 1.62. The highest BCUT2D eigenvalue weighted by Gasteiger charge is 1.89. The molecule has 0 spiro atoms. The molecule has 2 nitrogen and oxygen atoms in total. The first-order valence-corrected chi connectivity index (χ1v) is 6.43. The van der Waals surface area contributed by atoms with Gasteiger partial charge in [-0.05, 0) is 25.1 Å². The Morgan fingerprint density at radius 3 is 2.69 bits per heavy atom. The molecule has 0 saturated carbocycles. The van der Waals surface area contributed by atoms with E-state index in [4.69, 9.17) is 4.74 Å². The molecule has 0 aromatic heterocycles. The monoisotopic (exact) mass is 205 g/mol. The fourth-order valence-electron chi connectivity index (χ4n) is 0.959. The summed E-state index contributed by atoms with van der Waals surface area (Å²) in [5.41, 5.74) is 0. The summed E-state index contributed by atoms with van der Waals surface area (Å²) < 4.78 is 5.37. The highest BCUT2D eigenvalue weighted by Crippen LogP contribution is 1.94. The second kappa shape index (κ2) is 12.3. The van der Waals surface area contributed by atoms with Gasteiger partial charge in [0.1, 0.15) is 0 Å². The van der Waals surface area contributed by atoms with E-state index in [1.165, 1.54) is 11.5 Å². The van der Waals surface area contributed by atoms with Gasteiger partial charge in [0.25, 0.3) is 0 Å². The fourth-order valence-corrected chi connectivity index (χ4v) is 1.54. The minimum Gasteiger partial charge on any atom is -0.381 e. The molecule has 3 heteroatoms. The minimum atomic E-state index is 0.905. The first kappa shape index (κ1) is 13.3. The Morgan fingerprint density at radius 2 is 2.00 bits per heavy atom. The standard InChI is InChI=1S/C10H23NOS/c1-3-8-12-9-5-6-11-7-10-13-4-2/h11H,3-10H2,1-2H3. The Balaban J connectivity index is 2.76. The molecule has 0 rings (SSSR count). The molecule has 1 N–H and O–H groups in total. The summed E-state index contributed by atoms with van der Waals surface area (Å²) >= 11 is 1.99. The van der Waals surface area contributed by atoms with Gasteiger partial charge in [0.15, 0.2) is 0 Å². The summed E-state index contributed by atoms with van der Waals surface area (Å²) in [6, 6.07) is 0. The maximum atomic E-state index is 5.37. The van der Waals surface area contributed by atoms with E-state index in [1.807, 2.05) is 11.8 Å². The van der Waals surface area contributed by atoms with E-state index in [2.05, 4.69) is 19.2 Å². The van der Waals surface area contributed by atoms with Crippen molar-refractivity contribution < 1.29 is 4.74 Å². The van der Waals surface area contributed by atoms with E-state index in [-0.39, 0.29) is 0 Å². The van der Waals surface area contributed by atoms with Gasteiger partial charge in [-0.1, -0.05) is 13.8 Å². The van der Waals surface area contributed by atoms with E-state index >= 15 is 0 Å². The Bertz CT molecular complexity index is 81.0. The van der Waals surface area contributed by atoms with Crippen LogP contribution in [-0.2, 0) is 4.74 Å². The largest absolute Gasteiger partial charge is 0.381 e. The number of rotatable bonds is 10. The Hall–Kier alpha value is 0.270. The average Bonchev–Trinajstić information content (AvgIpc) is 2.16. The van der Waals surface area contributed by atoms with Crippen LogP contribution >= 0.6 is 11.8 Å². The van der Waals surface area contributed by atoms with Crippen molar-refractivity contribution >= 4 is 11.8 Å². The van der Waals surface area contributed by atoms with Crippen LogP contribution in [0.5, 0.6) is 0 Å². The molecule has 0 radical (unpaired) electrons. The smallest absolute Gasteiger partial charge is 0.0478 e. The van der Waals surface area contributed by atoms with Gasteiger partial charge in [0.2, 0.25) is 0 Å².